The summed E-state index contributed by atoms with van der Waals surface area (Å²) in [6, 6.07) is 20.3. The molecule has 1 atom stereocenters. The Morgan fingerprint density at radius 3 is 2.15 bits per heavy atom. The van der Waals surface area contributed by atoms with Crippen molar-refractivity contribution in [3.8, 4) is 0 Å². The van der Waals surface area contributed by atoms with Gasteiger partial charge in [-0.05, 0) is 33.5 Å². The molecule has 0 spiro atoms. The smallest absolute Gasteiger partial charge is 0.318 e. The highest BCUT2D eigenvalue weighted by Gasteiger charge is 2.27. The molecule has 3 aromatic carbocycles. The number of fused-ring (bicyclic) bond motifs is 2. The van der Waals surface area contributed by atoms with Crippen LogP contribution in [0.5, 0.6) is 0 Å². The van der Waals surface area contributed by atoms with Crippen LogP contribution in [0.1, 0.15) is 22.7 Å². The lowest BCUT2D eigenvalue weighted by atomic mass is 10.0. The molecular weight excluding hydrogens is 326 g/mol. The van der Waals surface area contributed by atoms with Gasteiger partial charge in [-0.3, -0.25) is 4.79 Å². The van der Waals surface area contributed by atoms with E-state index in [2.05, 4.69) is 5.32 Å². The molecule has 4 rings (SSSR count). The Bertz CT molecular complexity index is 974. The van der Waals surface area contributed by atoms with Crippen molar-refractivity contribution in [2.45, 2.75) is 19.1 Å². The van der Waals surface area contributed by atoms with E-state index in [-0.39, 0.29) is 6.03 Å². The number of hydrogen-bond donors (Lipinski definition) is 2. The highest BCUT2D eigenvalue weighted by atomic mass is 16.2. The number of rotatable bonds is 3. The molecule has 0 aliphatic carbocycles. The van der Waals surface area contributed by atoms with Gasteiger partial charge < -0.3 is 16.0 Å². The van der Waals surface area contributed by atoms with Crippen LogP contribution < -0.4 is 11.1 Å². The molecule has 5 heteroatoms. The van der Waals surface area contributed by atoms with Gasteiger partial charge in [-0.15, -0.1) is 0 Å². The van der Waals surface area contributed by atoms with Crippen LogP contribution in [0, 0.1) is 0 Å². The second-order valence-corrected chi connectivity index (χ2v) is 6.52. The van der Waals surface area contributed by atoms with Crippen molar-refractivity contribution in [3.63, 3.8) is 0 Å². The third kappa shape index (κ3) is 2.99. The van der Waals surface area contributed by atoms with Crippen molar-refractivity contribution in [2.75, 3.05) is 0 Å². The lowest BCUT2D eigenvalue weighted by Crippen LogP contribution is -2.43. The van der Waals surface area contributed by atoms with Crippen LogP contribution in [0.15, 0.2) is 66.7 Å². The minimum atomic E-state index is -0.865. The fourth-order valence-electron chi connectivity index (χ4n) is 3.40. The molecule has 5 nitrogen and oxygen atoms in total. The van der Waals surface area contributed by atoms with Crippen molar-refractivity contribution in [2.24, 2.45) is 5.73 Å². The van der Waals surface area contributed by atoms with Gasteiger partial charge in [0.2, 0.25) is 5.91 Å². The summed E-state index contributed by atoms with van der Waals surface area (Å²) in [6.07, 6.45) is 0. The number of amides is 3. The highest BCUT2D eigenvalue weighted by molar-refractivity contribution is 5.89. The molecule has 0 aromatic heterocycles. The molecule has 1 heterocycles. The van der Waals surface area contributed by atoms with E-state index in [0.29, 0.717) is 18.7 Å². The maximum absolute atomic E-state index is 12.7. The number of nitrogens with two attached hydrogens (primary N) is 1. The predicted molar refractivity (Wildman–Crippen MR) is 100 cm³/mol. The molecule has 0 saturated heterocycles. The Labute approximate surface area is 151 Å². The van der Waals surface area contributed by atoms with Crippen molar-refractivity contribution in [1.82, 2.24) is 10.2 Å². The number of urea groups is 1. The lowest BCUT2D eigenvalue weighted by molar-refractivity contribution is -0.120. The normalized spacial score (nSPS) is 14.1. The van der Waals surface area contributed by atoms with Crippen LogP contribution in [-0.2, 0) is 17.9 Å². The summed E-state index contributed by atoms with van der Waals surface area (Å²) < 4.78 is 0. The van der Waals surface area contributed by atoms with E-state index in [1.54, 1.807) is 4.90 Å². The standard InChI is InChI=1S/C21H19N3O2/c22-20(25)19(16-10-9-14-5-1-2-6-15(14)11-16)23-21(26)24-12-17-7-3-4-8-18(17)13-24/h1-11,19H,12-13H2,(H2,22,25)(H,23,26). The molecule has 1 aliphatic heterocycles. The second kappa shape index (κ2) is 6.52. The number of carbonyl (C=O) groups is 2. The van der Waals surface area contributed by atoms with Gasteiger partial charge >= 0.3 is 6.03 Å². The van der Waals surface area contributed by atoms with Gasteiger partial charge in [0, 0.05) is 13.1 Å². The van der Waals surface area contributed by atoms with Crippen LogP contribution in [0.2, 0.25) is 0 Å². The summed E-state index contributed by atoms with van der Waals surface area (Å²) in [5.74, 6) is -0.578. The third-order valence-corrected chi connectivity index (χ3v) is 4.79. The number of carbonyl (C=O) groups excluding carboxylic acids is 2. The van der Waals surface area contributed by atoms with Crippen molar-refractivity contribution in [1.29, 1.82) is 0 Å². The average molecular weight is 345 g/mol. The predicted octanol–water partition coefficient (Wildman–Crippen LogP) is 3.09. The molecule has 0 fully saturated rings. The van der Waals surface area contributed by atoms with Gasteiger partial charge in [0.25, 0.3) is 0 Å². The first-order chi connectivity index (χ1) is 12.6. The van der Waals surface area contributed by atoms with E-state index in [1.807, 2.05) is 66.7 Å². The first kappa shape index (κ1) is 16.1. The number of primary amides is 1. The van der Waals surface area contributed by atoms with Gasteiger partial charge in [0.1, 0.15) is 6.04 Å². The lowest BCUT2D eigenvalue weighted by Gasteiger charge is -2.21. The van der Waals surface area contributed by atoms with E-state index in [4.69, 9.17) is 5.73 Å². The molecular formula is C21H19N3O2. The first-order valence-corrected chi connectivity index (χ1v) is 8.52. The summed E-state index contributed by atoms with van der Waals surface area (Å²) >= 11 is 0. The van der Waals surface area contributed by atoms with Crippen molar-refractivity contribution >= 4 is 22.7 Å². The largest absolute Gasteiger partial charge is 0.368 e. The molecule has 0 radical (unpaired) electrons. The van der Waals surface area contributed by atoms with E-state index in [9.17, 15) is 9.59 Å². The summed E-state index contributed by atoms with van der Waals surface area (Å²) in [4.78, 5) is 26.3. The Balaban J connectivity index is 1.55. The number of hydrogen-bond acceptors (Lipinski definition) is 2. The molecule has 3 amide bonds. The molecule has 130 valence electrons. The van der Waals surface area contributed by atoms with E-state index < -0.39 is 11.9 Å². The molecule has 26 heavy (non-hydrogen) atoms. The molecule has 3 aromatic rings. The Kier molecular flexibility index (Phi) is 4.05. The van der Waals surface area contributed by atoms with Crippen molar-refractivity contribution < 1.29 is 9.59 Å². The topological polar surface area (TPSA) is 75.4 Å². The first-order valence-electron chi connectivity index (χ1n) is 8.52. The maximum Gasteiger partial charge on any atom is 0.318 e. The van der Waals surface area contributed by atoms with Crippen LogP contribution in [0.4, 0.5) is 4.79 Å². The highest BCUT2D eigenvalue weighted by Crippen LogP contribution is 2.24. The van der Waals surface area contributed by atoms with Crippen LogP contribution >= 0.6 is 0 Å². The van der Waals surface area contributed by atoms with Crippen molar-refractivity contribution in [3.05, 3.63) is 83.4 Å². The number of nitrogens with zero attached hydrogens (tertiary/aromatic N) is 1. The fourth-order valence-corrected chi connectivity index (χ4v) is 3.40. The van der Waals surface area contributed by atoms with Gasteiger partial charge in [-0.25, -0.2) is 4.79 Å². The quantitative estimate of drug-likeness (QED) is 0.765. The average Bonchev–Trinajstić information content (AvgIpc) is 3.09. The van der Waals surface area contributed by atoms with E-state index in [1.165, 1.54) is 0 Å². The van der Waals surface area contributed by atoms with Gasteiger partial charge in [-0.2, -0.15) is 0 Å². The molecule has 1 aliphatic rings. The van der Waals surface area contributed by atoms with Crippen LogP contribution in [-0.4, -0.2) is 16.8 Å². The van der Waals surface area contributed by atoms with Crippen LogP contribution in [0.25, 0.3) is 10.8 Å². The zero-order valence-corrected chi connectivity index (χ0v) is 14.2. The molecule has 0 bridgehead atoms. The summed E-state index contributed by atoms with van der Waals surface area (Å²) in [6.45, 7) is 1.07. The Morgan fingerprint density at radius 2 is 1.50 bits per heavy atom. The zero-order valence-electron chi connectivity index (χ0n) is 14.2. The Hall–Kier alpha value is -3.34. The van der Waals surface area contributed by atoms with Crippen LogP contribution in [0.3, 0.4) is 0 Å². The minimum absolute atomic E-state index is 0.293. The SMILES string of the molecule is NC(=O)C(NC(=O)N1Cc2ccccc2C1)c1ccc2ccccc2c1. The zero-order chi connectivity index (χ0) is 18.1. The third-order valence-electron chi connectivity index (χ3n) is 4.79. The Morgan fingerprint density at radius 1 is 0.885 bits per heavy atom. The number of nitrogens with one attached hydrogen (secondary N) is 1. The molecule has 1 unspecified atom stereocenters. The van der Waals surface area contributed by atoms with E-state index >= 15 is 0 Å². The fraction of sp³-hybridized carbons (Fsp3) is 0.143. The summed E-state index contributed by atoms with van der Waals surface area (Å²) in [5.41, 5.74) is 8.51. The van der Waals surface area contributed by atoms with E-state index in [0.717, 1.165) is 21.9 Å². The molecule has 3 N–H and O–H groups in total. The molecule has 0 saturated carbocycles. The monoisotopic (exact) mass is 345 g/mol. The summed E-state index contributed by atoms with van der Waals surface area (Å²) in [5, 5.41) is 4.86. The van der Waals surface area contributed by atoms with Gasteiger partial charge in [-0.1, -0.05) is 60.7 Å². The van der Waals surface area contributed by atoms with Gasteiger partial charge in [0.05, 0.1) is 0 Å². The van der Waals surface area contributed by atoms with Gasteiger partial charge in [0.15, 0.2) is 0 Å². The maximum atomic E-state index is 12.7. The number of benzene rings is 3. The summed E-state index contributed by atoms with van der Waals surface area (Å²) in [7, 11) is 0. The second-order valence-electron chi connectivity index (χ2n) is 6.52. The minimum Gasteiger partial charge on any atom is -0.368 e.